The molecular formula is C12H13BrClNO4S. The maximum Gasteiger partial charge on any atom is 0.324 e. The van der Waals surface area contributed by atoms with E-state index in [1.54, 1.807) is 0 Å². The molecule has 1 aliphatic rings. The molecule has 0 saturated heterocycles. The Balaban J connectivity index is 2.38. The molecule has 1 unspecified atom stereocenters. The van der Waals surface area contributed by atoms with Crippen LogP contribution in [0.1, 0.15) is 19.8 Å². The van der Waals surface area contributed by atoms with E-state index in [0.717, 1.165) is 0 Å². The molecule has 2 N–H and O–H groups in total. The zero-order chi connectivity index (χ0) is 15.1. The molecule has 0 aromatic heterocycles. The predicted molar refractivity (Wildman–Crippen MR) is 78.2 cm³/mol. The van der Waals surface area contributed by atoms with Crippen LogP contribution in [0.25, 0.3) is 0 Å². The number of hydrogen-bond acceptors (Lipinski definition) is 3. The van der Waals surface area contributed by atoms with Crippen LogP contribution in [0.4, 0.5) is 0 Å². The summed E-state index contributed by atoms with van der Waals surface area (Å²) in [6, 6.07) is 4.32. The molecule has 1 aromatic carbocycles. The Labute approximate surface area is 130 Å². The fourth-order valence-electron chi connectivity index (χ4n) is 1.99. The second kappa shape index (κ2) is 5.29. The van der Waals surface area contributed by atoms with Crippen molar-refractivity contribution in [1.29, 1.82) is 0 Å². The summed E-state index contributed by atoms with van der Waals surface area (Å²) in [5, 5.41) is 9.34. The topological polar surface area (TPSA) is 83.5 Å². The van der Waals surface area contributed by atoms with Gasteiger partial charge in [-0.3, -0.25) is 4.79 Å². The van der Waals surface area contributed by atoms with Crippen LogP contribution in [0, 0.1) is 5.92 Å². The molecule has 0 aliphatic heterocycles. The highest BCUT2D eigenvalue weighted by Gasteiger charge is 2.50. The van der Waals surface area contributed by atoms with Crippen LogP contribution in [0.5, 0.6) is 0 Å². The van der Waals surface area contributed by atoms with Gasteiger partial charge in [0.2, 0.25) is 10.0 Å². The third-order valence-corrected chi connectivity index (χ3v) is 5.91. The van der Waals surface area contributed by atoms with E-state index in [2.05, 4.69) is 20.7 Å². The number of carboxylic acid groups (broad SMARTS) is 1. The number of carbonyl (C=O) groups is 1. The number of benzene rings is 1. The lowest BCUT2D eigenvalue weighted by atomic mass is 9.98. The normalized spacial score (nSPS) is 18.6. The van der Waals surface area contributed by atoms with Crippen molar-refractivity contribution in [2.24, 2.45) is 5.92 Å². The molecular weight excluding hydrogens is 370 g/mol. The van der Waals surface area contributed by atoms with E-state index in [-0.39, 0.29) is 15.8 Å². The van der Waals surface area contributed by atoms with E-state index in [4.69, 9.17) is 11.6 Å². The molecule has 0 amide bonds. The number of sulfonamides is 1. The summed E-state index contributed by atoms with van der Waals surface area (Å²) in [7, 11) is -4.00. The average molecular weight is 383 g/mol. The molecule has 1 fully saturated rings. The zero-order valence-electron chi connectivity index (χ0n) is 10.6. The van der Waals surface area contributed by atoms with Crippen molar-refractivity contribution in [3.63, 3.8) is 0 Å². The largest absolute Gasteiger partial charge is 0.480 e. The minimum Gasteiger partial charge on any atom is -0.480 e. The molecule has 1 atom stereocenters. The lowest BCUT2D eigenvalue weighted by molar-refractivity contribution is -0.144. The average Bonchev–Trinajstić information content (AvgIpc) is 3.10. The maximum atomic E-state index is 12.3. The van der Waals surface area contributed by atoms with Crippen LogP contribution in [0.15, 0.2) is 27.6 Å². The number of hydrogen-bond donors (Lipinski definition) is 2. The van der Waals surface area contributed by atoms with Gasteiger partial charge in [-0.25, -0.2) is 8.42 Å². The minimum atomic E-state index is -4.00. The van der Waals surface area contributed by atoms with Crippen molar-refractivity contribution in [2.45, 2.75) is 30.2 Å². The molecule has 8 heteroatoms. The Morgan fingerprint density at radius 1 is 1.50 bits per heavy atom. The standard InChI is InChI=1S/C12H13BrClNO4S/c1-12(11(16)17,7-2-3-7)15-20(18,19)10-5-4-8(13)6-9(10)14/h4-7,15H,2-3H2,1H3,(H,16,17). The van der Waals surface area contributed by atoms with E-state index in [1.807, 2.05) is 0 Å². The molecule has 1 aliphatic carbocycles. The summed E-state index contributed by atoms with van der Waals surface area (Å²) >= 11 is 9.11. The maximum absolute atomic E-state index is 12.3. The number of nitrogens with one attached hydrogen (secondary N) is 1. The zero-order valence-corrected chi connectivity index (χ0v) is 13.7. The first-order valence-electron chi connectivity index (χ1n) is 5.89. The van der Waals surface area contributed by atoms with Gasteiger partial charge in [-0.1, -0.05) is 27.5 Å². The molecule has 5 nitrogen and oxygen atoms in total. The smallest absolute Gasteiger partial charge is 0.324 e. The van der Waals surface area contributed by atoms with Gasteiger partial charge in [-0.2, -0.15) is 4.72 Å². The molecule has 0 spiro atoms. The molecule has 0 heterocycles. The minimum absolute atomic E-state index is 0.0374. The highest BCUT2D eigenvalue weighted by Crippen LogP contribution is 2.41. The van der Waals surface area contributed by atoms with Gasteiger partial charge < -0.3 is 5.11 Å². The van der Waals surface area contributed by atoms with Gasteiger partial charge >= 0.3 is 5.97 Å². The van der Waals surface area contributed by atoms with E-state index in [1.165, 1.54) is 25.1 Å². The Kier molecular flexibility index (Phi) is 4.17. The summed E-state index contributed by atoms with van der Waals surface area (Å²) in [5.74, 6) is -1.37. The van der Waals surface area contributed by atoms with Gasteiger partial charge in [0.1, 0.15) is 10.4 Å². The summed E-state index contributed by atoms with van der Waals surface area (Å²) in [4.78, 5) is 11.3. The van der Waals surface area contributed by atoms with Crippen LogP contribution < -0.4 is 4.72 Å². The second-order valence-electron chi connectivity index (χ2n) is 4.96. The first-order valence-corrected chi connectivity index (χ1v) is 8.54. The van der Waals surface area contributed by atoms with E-state index in [0.29, 0.717) is 17.3 Å². The molecule has 110 valence electrons. The molecule has 1 saturated carbocycles. The Morgan fingerprint density at radius 2 is 2.10 bits per heavy atom. The third-order valence-electron chi connectivity index (χ3n) is 3.37. The number of aliphatic carboxylic acids is 1. The molecule has 2 rings (SSSR count). The number of halogens is 2. The van der Waals surface area contributed by atoms with Crippen LogP contribution in [0.2, 0.25) is 5.02 Å². The lowest BCUT2D eigenvalue weighted by Gasteiger charge is -2.26. The van der Waals surface area contributed by atoms with Crippen LogP contribution in [-0.4, -0.2) is 25.0 Å². The van der Waals surface area contributed by atoms with Gasteiger partial charge in [0.15, 0.2) is 0 Å². The summed E-state index contributed by atoms with van der Waals surface area (Å²) in [5.41, 5.74) is -1.50. The Bertz CT molecular complexity index is 659. The third kappa shape index (κ3) is 3.00. The highest BCUT2D eigenvalue weighted by atomic mass is 79.9. The predicted octanol–water partition coefficient (Wildman–Crippen LogP) is 2.63. The van der Waals surface area contributed by atoms with Crippen LogP contribution >= 0.6 is 27.5 Å². The van der Waals surface area contributed by atoms with Gasteiger partial charge in [0.05, 0.1) is 5.02 Å². The summed E-state index contributed by atoms with van der Waals surface area (Å²) in [6.45, 7) is 1.39. The summed E-state index contributed by atoms with van der Waals surface area (Å²) in [6.07, 6.45) is 1.39. The van der Waals surface area contributed by atoms with Crippen molar-refractivity contribution in [1.82, 2.24) is 4.72 Å². The molecule has 1 aromatic rings. The van der Waals surface area contributed by atoms with Gasteiger partial charge in [-0.05, 0) is 43.9 Å². The van der Waals surface area contributed by atoms with Crippen molar-refractivity contribution >= 4 is 43.5 Å². The molecule has 20 heavy (non-hydrogen) atoms. The Hall–Kier alpha value is -0.630. The monoisotopic (exact) mass is 381 g/mol. The van der Waals surface area contributed by atoms with Crippen molar-refractivity contribution in [2.75, 3.05) is 0 Å². The van der Waals surface area contributed by atoms with Crippen LogP contribution in [0.3, 0.4) is 0 Å². The van der Waals surface area contributed by atoms with E-state index >= 15 is 0 Å². The second-order valence-corrected chi connectivity index (χ2v) is 7.94. The number of carboxylic acids is 1. The first kappa shape index (κ1) is 15.8. The first-order chi connectivity index (χ1) is 9.17. The summed E-state index contributed by atoms with van der Waals surface area (Å²) < 4.78 is 27.6. The number of rotatable bonds is 5. The quantitative estimate of drug-likeness (QED) is 0.820. The van der Waals surface area contributed by atoms with Crippen LogP contribution in [-0.2, 0) is 14.8 Å². The fourth-order valence-corrected chi connectivity index (χ4v) is 4.45. The van der Waals surface area contributed by atoms with Crippen molar-refractivity contribution in [3.05, 3.63) is 27.7 Å². The van der Waals surface area contributed by atoms with Gasteiger partial charge in [0, 0.05) is 4.47 Å². The van der Waals surface area contributed by atoms with E-state index < -0.39 is 21.5 Å². The SMILES string of the molecule is CC(NS(=O)(=O)c1ccc(Br)cc1Cl)(C(=O)O)C1CC1. The van der Waals surface area contributed by atoms with Gasteiger partial charge in [-0.15, -0.1) is 0 Å². The van der Waals surface area contributed by atoms with Crippen molar-refractivity contribution in [3.8, 4) is 0 Å². The fraction of sp³-hybridized carbons (Fsp3) is 0.417. The molecule has 0 radical (unpaired) electrons. The molecule has 0 bridgehead atoms. The van der Waals surface area contributed by atoms with Crippen molar-refractivity contribution < 1.29 is 18.3 Å². The highest BCUT2D eigenvalue weighted by molar-refractivity contribution is 9.10. The van der Waals surface area contributed by atoms with Gasteiger partial charge in [0.25, 0.3) is 0 Å². The van der Waals surface area contributed by atoms with E-state index in [9.17, 15) is 18.3 Å². The Morgan fingerprint density at radius 3 is 2.55 bits per heavy atom. The lowest BCUT2D eigenvalue weighted by Crippen LogP contribution is -2.53.